The zero-order chi connectivity index (χ0) is 14.2. The van der Waals surface area contributed by atoms with E-state index in [1.165, 1.54) is 19.2 Å². The first kappa shape index (κ1) is 12.8. The number of nitrogens with zero attached hydrogens (tertiary/aromatic N) is 1. The van der Waals surface area contributed by atoms with E-state index in [4.69, 9.17) is 9.52 Å². The number of carbonyl (C=O) groups is 2. The van der Waals surface area contributed by atoms with Crippen LogP contribution in [0.3, 0.4) is 0 Å². The van der Waals surface area contributed by atoms with Gasteiger partial charge in [0, 0.05) is 30.3 Å². The molecule has 6 heteroatoms. The van der Waals surface area contributed by atoms with Gasteiger partial charge < -0.3 is 14.4 Å². The Hall–Kier alpha value is -2.63. The van der Waals surface area contributed by atoms with E-state index in [1.54, 1.807) is 19.1 Å². The normalized spacial score (nSPS) is 10.4. The standard InChI is InChI=1S/C13H11NO5/c1-7-5-11(15)19-10-6-8(3-4-9(7)10)14(2)12(16)13(17)18/h3-6H,1-2H3,(H,17,18). The lowest BCUT2D eigenvalue weighted by molar-refractivity contribution is -0.148. The summed E-state index contributed by atoms with van der Waals surface area (Å²) < 4.78 is 5.03. The van der Waals surface area contributed by atoms with Gasteiger partial charge in [-0.25, -0.2) is 9.59 Å². The topological polar surface area (TPSA) is 87.8 Å². The van der Waals surface area contributed by atoms with Gasteiger partial charge >= 0.3 is 17.5 Å². The molecule has 0 saturated heterocycles. The average Bonchev–Trinajstić information content (AvgIpc) is 2.35. The molecular weight excluding hydrogens is 250 g/mol. The summed E-state index contributed by atoms with van der Waals surface area (Å²) in [6, 6.07) is 6.10. The number of aryl methyl sites for hydroxylation is 1. The fourth-order valence-corrected chi connectivity index (χ4v) is 1.78. The van der Waals surface area contributed by atoms with Crippen LogP contribution in [0.2, 0.25) is 0 Å². The van der Waals surface area contributed by atoms with E-state index in [9.17, 15) is 14.4 Å². The third-order valence-corrected chi connectivity index (χ3v) is 2.81. The maximum atomic E-state index is 11.3. The zero-order valence-electron chi connectivity index (χ0n) is 10.3. The molecule has 1 aromatic carbocycles. The van der Waals surface area contributed by atoms with Crippen LogP contribution < -0.4 is 10.5 Å². The Morgan fingerprint density at radius 3 is 2.58 bits per heavy atom. The highest BCUT2D eigenvalue weighted by molar-refractivity contribution is 6.37. The molecule has 1 amide bonds. The molecule has 0 unspecified atom stereocenters. The van der Waals surface area contributed by atoms with Gasteiger partial charge in [-0.05, 0) is 24.6 Å². The second-order valence-corrected chi connectivity index (χ2v) is 4.10. The Morgan fingerprint density at radius 1 is 1.26 bits per heavy atom. The smallest absolute Gasteiger partial charge is 0.394 e. The van der Waals surface area contributed by atoms with Gasteiger partial charge in [0.2, 0.25) is 0 Å². The van der Waals surface area contributed by atoms with E-state index in [0.717, 1.165) is 15.8 Å². The van der Waals surface area contributed by atoms with Crippen LogP contribution in [-0.4, -0.2) is 24.0 Å². The minimum Gasteiger partial charge on any atom is -0.474 e. The van der Waals surface area contributed by atoms with Gasteiger partial charge in [0.15, 0.2) is 0 Å². The van der Waals surface area contributed by atoms with E-state index >= 15 is 0 Å². The average molecular weight is 261 g/mol. The van der Waals surface area contributed by atoms with Crippen molar-refractivity contribution < 1.29 is 19.1 Å². The number of hydrogen-bond donors (Lipinski definition) is 1. The zero-order valence-corrected chi connectivity index (χ0v) is 10.3. The minimum absolute atomic E-state index is 0.313. The van der Waals surface area contributed by atoms with E-state index < -0.39 is 17.5 Å². The third kappa shape index (κ3) is 2.33. The largest absolute Gasteiger partial charge is 0.474 e. The molecule has 2 aromatic rings. The molecule has 2 rings (SSSR count). The van der Waals surface area contributed by atoms with Gasteiger partial charge in [-0.3, -0.25) is 4.79 Å². The second kappa shape index (κ2) is 4.56. The molecule has 0 spiro atoms. The summed E-state index contributed by atoms with van der Waals surface area (Å²) in [6.45, 7) is 1.77. The highest BCUT2D eigenvalue weighted by Crippen LogP contribution is 2.22. The van der Waals surface area contributed by atoms with Crippen LogP contribution in [0.25, 0.3) is 11.0 Å². The molecule has 1 heterocycles. The van der Waals surface area contributed by atoms with E-state index in [0.29, 0.717) is 11.3 Å². The van der Waals surface area contributed by atoms with E-state index in [1.807, 2.05) is 0 Å². The summed E-state index contributed by atoms with van der Waals surface area (Å²) in [5.41, 5.74) is 0.917. The molecule has 0 fully saturated rings. The number of carboxylic acids is 1. The number of benzene rings is 1. The third-order valence-electron chi connectivity index (χ3n) is 2.81. The highest BCUT2D eigenvalue weighted by Gasteiger charge is 2.19. The van der Waals surface area contributed by atoms with Crippen molar-refractivity contribution in [2.75, 3.05) is 11.9 Å². The lowest BCUT2D eigenvalue weighted by Gasteiger charge is -2.15. The fourth-order valence-electron chi connectivity index (χ4n) is 1.78. The van der Waals surface area contributed by atoms with Crippen molar-refractivity contribution in [1.82, 2.24) is 0 Å². The molecule has 1 N–H and O–H groups in total. The number of rotatable bonds is 1. The highest BCUT2D eigenvalue weighted by atomic mass is 16.4. The molecule has 98 valence electrons. The van der Waals surface area contributed by atoms with Crippen molar-refractivity contribution >= 4 is 28.5 Å². The lowest BCUT2D eigenvalue weighted by Crippen LogP contribution is -2.32. The van der Waals surface area contributed by atoms with Crippen molar-refractivity contribution in [3.8, 4) is 0 Å². The van der Waals surface area contributed by atoms with Gasteiger partial charge in [-0.2, -0.15) is 0 Å². The summed E-state index contributed by atoms with van der Waals surface area (Å²) in [5.74, 6) is -2.61. The van der Waals surface area contributed by atoms with Crippen molar-refractivity contribution in [2.45, 2.75) is 6.92 Å². The summed E-state index contributed by atoms with van der Waals surface area (Å²) in [6.07, 6.45) is 0. The Kier molecular flexibility index (Phi) is 3.08. The van der Waals surface area contributed by atoms with E-state index in [-0.39, 0.29) is 0 Å². The molecular formula is C13H11NO5. The maximum absolute atomic E-state index is 11.3. The van der Waals surface area contributed by atoms with Gasteiger partial charge in [-0.1, -0.05) is 0 Å². The number of carbonyl (C=O) groups excluding carboxylic acids is 1. The first-order valence-corrected chi connectivity index (χ1v) is 5.45. The number of aliphatic carboxylic acids is 1. The van der Waals surface area contributed by atoms with Crippen molar-refractivity contribution in [1.29, 1.82) is 0 Å². The molecule has 0 bridgehead atoms. The molecule has 0 atom stereocenters. The van der Waals surface area contributed by atoms with Gasteiger partial charge in [0.25, 0.3) is 0 Å². The summed E-state index contributed by atoms with van der Waals surface area (Å²) >= 11 is 0. The quantitative estimate of drug-likeness (QED) is 0.614. The molecule has 1 aromatic heterocycles. The van der Waals surface area contributed by atoms with Crippen LogP contribution in [-0.2, 0) is 9.59 Å². The summed E-state index contributed by atoms with van der Waals surface area (Å²) in [7, 11) is 1.34. The van der Waals surface area contributed by atoms with Gasteiger partial charge in [-0.15, -0.1) is 0 Å². The molecule has 19 heavy (non-hydrogen) atoms. The molecule has 0 aliphatic carbocycles. The van der Waals surface area contributed by atoms with E-state index in [2.05, 4.69) is 0 Å². The van der Waals surface area contributed by atoms with Crippen molar-refractivity contribution in [3.63, 3.8) is 0 Å². The van der Waals surface area contributed by atoms with Gasteiger partial charge in [0.1, 0.15) is 5.58 Å². The van der Waals surface area contributed by atoms with Crippen LogP contribution >= 0.6 is 0 Å². The SMILES string of the molecule is Cc1cc(=O)oc2cc(N(C)C(=O)C(=O)O)ccc12. The molecule has 0 aliphatic heterocycles. The first-order chi connectivity index (χ1) is 8.90. The molecule has 0 aliphatic rings. The predicted molar refractivity (Wildman–Crippen MR) is 68.3 cm³/mol. The van der Waals surface area contributed by atoms with Crippen LogP contribution in [0.15, 0.2) is 33.5 Å². The maximum Gasteiger partial charge on any atom is 0.394 e. The number of hydrogen-bond acceptors (Lipinski definition) is 4. The van der Waals surface area contributed by atoms with Crippen LogP contribution in [0, 0.1) is 6.92 Å². The Labute approximate surface area is 107 Å². The number of likely N-dealkylation sites (N-methyl/N-ethyl adjacent to an activating group) is 1. The molecule has 6 nitrogen and oxygen atoms in total. The van der Waals surface area contributed by atoms with Crippen LogP contribution in [0.4, 0.5) is 5.69 Å². The summed E-state index contributed by atoms with van der Waals surface area (Å²) in [4.78, 5) is 34.2. The number of fused-ring (bicyclic) bond motifs is 1. The lowest BCUT2D eigenvalue weighted by atomic mass is 10.1. The number of amides is 1. The summed E-state index contributed by atoms with van der Waals surface area (Å²) in [5, 5.41) is 9.39. The van der Waals surface area contributed by atoms with Crippen LogP contribution in [0.1, 0.15) is 5.56 Å². The predicted octanol–water partition coefficient (Wildman–Crippen LogP) is 1.15. The molecule has 0 saturated carbocycles. The minimum atomic E-state index is -1.55. The van der Waals surface area contributed by atoms with Crippen molar-refractivity contribution in [2.24, 2.45) is 0 Å². The first-order valence-electron chi connectivity index (χ1n) is 5.45. The Morgan fingerprint density at radius 2 is 1.95 bits per heavy atom. The molecule has 0 radical (unpaired) electrons. The number of carboxylic acid groups (broad SMARTS) is 1. The van der Waals surface area contributed by atoms with Crippen molar-refractivity contribution in [3.05, 3.63) is 40.2 Å². The fraction of sp³-hybridized carbons (Fsp3) is 0.154. The van der Waals surface area contributed by atoms with Crippen LogP contribution in [0.5, 0.6) is 0 Å². The number of anilines is 1. The Balaban J connectivity index is 2.56. The second-order valence-electron chi connectivity index (χ2n) is 4.10. The monoisotopic (exact) mass is 261 g/mol. The Bertz CT molecular complexity index is 731. The van der Waals surface area contributed by atoms with Gasteiger partial charge in [0.05, 0.1) is 0 Å².